The van der Waals surface area contributed by atoms with Crippen LogP contribution in [0.5, 0.6) is 0 Å². The minimum Gasteiger partial charge on any atom is -0.356 e. The van der Waals surface area contributed by atoms with E-state index >= 15 is 0 Å². The fourth-order valence-electron chi connectivity index (χ4n) is 3.95. The second kappa shape index (κ2) is 5.36. The number of carbonyl (C=O) groups excluding carboxylic acids is 1. The maximum atomic E-state index is 14.0. The van der Waals surface area contributed by atoms with E-state index in [1.54, 1.807) is 6.07 Å². The molecular weight excluding hydrogens is 314 g/mol. The molecular formula is C17H18F2N4O. The first-order valence-electron chi connectivity index (χ1n) is 8.14. The van der Waals surface area contributed by atoms with Crippen LogP contribution in [0.4, 0.5) is 14.6 Å². The Morgan fingerprint density at radius 2 is 2.17 bits per heavy atom. The number of hydrogen-bond acceptors (Lipinski definition) is 4. The molecule has 1 aromatic carbocycles. The predicted molar refractivity (Wildman–Crippen MR) is 85.6 cm³/mol. The average molecular weight is 332 g/mol. The van der Waals surface area contributed by atoms with E-state index in [9.17, 15) is 13.6 Å². The van der Waals surface area contributed by atoms with E-state index in [0.29, 0.717) is 23.7 Å². The second-order valence-electron chi connectivity index (χ2n) is 6.63. The molecule has 2 fully saturated rings. The van der Waals surface area contributed by atoms with E-state index in [4.69, 9.17) is 0 Å². The predicted octanol–water partition coefficient (Wildman–Crippen LogP) is 2.40. The van der Waals surface area contributed by atoms with E-state index < -0.39 is 11.6 Å². The zero-order valence-corrected chi connectivity index (χ0v) is 13.4. The van der Waals surface area contributed by atoms with Crippen molar-refractivity contribution in [3.8, 4) is 0 Å². The average Bonchev–Trinajstić information content (AvgIpc) is 3.26. The van der Waals surface area contributed by atoms with Crippen molar-refractivity contribution in [2.75, 3.05) is 18.0 Å². The monoisotopic (exact) mass is 332 g/mol. The molecule has 24 heavy (non-hydrogen) atoms. The molecule has 0 bridgehead atoms. The Morgan fingerprint density at radius 3 is 2.88 bits per heavy atom. The van der Waals surface area contributed by atoms with Crippen molar-refractivity contribution in [3.63, 3.8) is 0 Å². The Kier molecular flexibility index (Phi) is 3.40. The summed E-state index contributed by atoms with van der Waals surface area (Å²) in [7, 11) is 0. The van der Waals surface area contributed by atoms with E-state index in [1.807, 2.05) is 0 Å². The fourth-order valence-corrected chi connectivity index (χ4v) is 3.95. The number of carbonyl (C=O) groups is 1. The lowest BCUT2D eigenvalue weighted by atomic mass is 9.97. The van der Waals surface area contributed by atoms with Crippen molar-refractivity contribution in [1.29, 1.82) is 0 Å². The van der Waals surface area contributed by atoms with Gasteiger partial charge in [0.15, 0.2) is 11.6 Å². The van der Waals surface area contributed by atoms with Crippen LogP contribution in [-0.2, 0) is 4.79 Å². The van der Waals surface area contributed by atoms with Crippen molar-refractivity contribution in [2.24, 2.45) is 5.92 Å². The second-order valence-corrected chi connectivity index (χ2v) is 6.63. The highest BCUT2D eigenvalue weighted by Crippen LogP contribution is 2.55. The molecule has 1 saturated heterocycles. The summed E-state index contributed by atoms with van der Waals surface area (Å²) >= 11 is 0. The first-order valence-corrected chi connectivity index (χ1v) is 8.14. The summed E-state index contributed by atoms with van der Waals surface area (Å²) in [6.45, 7) is 2.94. The Labute approximate surface area is 138 Å². The highest BCUT2D eigenvalue weighted by Gasteiger charge is 2.57. The maximum absolute atomic E-state index is 14.0. The molecule has 1 N–H and O–H groups in total. The van der Waals surface area contributed by atoms with E-state index in [1.165, 1.54) is 13.3 Å². The highest BCUT2D eigenvalue weighted by molar-refractivity contribution is 5.90. The molecule has 1 aliphatic carbocycles. The number of benzene rings is 1. The summed E-state index contributed by atoms with van der Waals surface area (Å²) in [5.74, 6) is -0.874. The molecule has 1 atom stereocenters. The van der Waals surface area contributed by atoms with Gasteiger partial charge >= 0.3 is 0 Å². The zero-order chi connectivity index (χ0) is 16.9. The normalized spacial score (nSPS) is 21.5. The first kappa shape index (κ1) is 15.2. The summed E-state index contributed by atoms with van der Waals surface area (Å²) < 4.78 is 27.5. The van der Waals surface area contributed by atoms with Gasteiger partial charge in [-0.2, -0.15) is 0 Å². The van der Waals surface area contributed by atoms with Gasteiger partial charge < -0.3 is 10.2 Å². The van der Waals surface area contributed by atoms with Crippen LogP contribution in [0.2, 0.25) is 0 Å². The van der Waals surface area contributed by atoms with Crippen molar-refractivity contribution in [3.05, 3.63) is 30.1 Å². The van der Waals surface area contributed by atoms with Gasteiger partial charge in [0.25, 0.3) is 0 Å². The maximum Gasteiger partial charge on any atom is 0.216 e. The van der Waals surface area contributed by atoms with Gasteiger partial charge in [-0.1, -0.05) is 0 Å². The quantitative estimate of drug-likeness (QED) is 0.938. The van der Waals surface area contributed by atoms with Gasteiger partial charge in [-0.25, -0.2) is 18.7 Å². The third-order valence-electron chi connectivity index (χ3n) is 5.29. The minimum absolute atomic E-state index is 0.0149. The number of rotatable bonds is 3. The third kappa shape index (κ3) is 2.22. The molecule has 126 valence electrons. The van der Waals surface area contributed by atoms with Gasteiger partial charge in [0, 0.05) is 36.9 Å². The van der Waals surface area contributed by atoms with Crippen LogP contribution < -0.4 is 10.2 Å². The lowest BCUT2D eigenvalue weighted by molar-refractivity contribution is -0.119. The Hall–Kier alpha value is -2.31. The number of nitrogens with zero attached hydrogens (tertiary/aromatic N) is 3. The molecule has 2 aromatic rings. The number of halogens is 2. The summed E-state index contributed by atoms with van der Waals surface area (Å²) in [5, 5.41) is 3.43. The van der Waals surface area contributed by atoms with Gasteiger partial charge in [0.2, 0.25) is 5.91 Å². The SMILES string of the molecule is CC(=O)NCC1CCN(c2ncnc3c(F)c(F)ccc23)C12CC2. The van der Waals surface area contributed by atoms with Crippen LogP contribution in [0.1, 0.15) is 26.2 Å². The Balaban J connectivity index is 1.71. The molecule has 7 heteroatoms. The number of fused-ring (bicyclic) bond motifs is 1. The molecule has 1 amide bonds. The minimum atomic E-state index is -0.935. The molecule has 1 saturated carbocycles. The fraction of sp³-hybridized carbons (Fsp3) is 0.471. The molecule has 4 rings (SSSR count). The number of anilines is 1. The van der Waals surface area contributed by atoms with Gasteiger partial charge in [-0.05, 0) is 31.4 Å². The van der Waals surface area contributed by atoms with Crippen molar-refractivity contribution >= 4 is 22.6 Å². The number of amides is 1. The van der Waals surface area contributed by atoms with E-state index in [-0.39, 0.29) is 17.0 Å². The lowest BCUT2D eigenvalue weighted by Gasteiger charge is -2.30. The van der Waals surface area contributed by atoms with Gasteiger partial charge in [-0.15, -0.1) is 0 Å². The Morgan fingerprint density at radius 1 is 1.38 bits per heavy atom. The number of aromatic nitrogens is 2. The molecule has 1 spiro atoms. The first-order chi connectivity index (χ1) is 11.5. The molecule has 1 unspecified atom stereocenters. The highest BCUT2D eigenvalue weighted by atomic mass is 19.2. The van der Waals surface area contributed by atoms with Gasteiger partial charge in [0.05, 0.1) is 0 Å². The van der Waals surface area contributed by atoms with E-state index in [0.717, 1.165) is 31.9 Å². The van der Waals surface area contributed by atoms with E-state index in [2.05, 4.69) is 20.2 Å². The molecule has 2 aliphatic rings. The molecule has 1 aromatic heterocycles. The van der Waals surface area contributed by atoms with Crippen molar-refractivity contribution < 1.29 is 13.6 Å². The number of nitrogens with one attached hydrogen (secondary N) is 1. The lowest BCUT2D eigenvalue weighted by Crippen LogP contribution is -2.40. The molecule has 0 radical (unpaired) electrons. The van der Waals surface area contributed by atoms with Crippen LogP contribution in [-0.4, -0.2) is 34.5 Å². The van der Waals surface area contributed by atoms with Crippen LogP contribution >= 0.6 is 0 Å². The zero-order valence-electron chi connectivity index (χ0n) is 13.4. The summed E-state index contributed by atoms with van der Waals surface area (Å²) in [6.07, 6.45) is 4.27. The van der Waals surface area contributed by atoms with Crippen LogP contribution in [0.3, 0.4) is 0 Å². The Bertz CT molecular complexity index is 822. The van der Waals surface area contributed by atoms with Crippen LogP contribution in [0, 0.1) is 17.6 Å². The van der Waals surface area contributed by atoms with Crippen LogP contribution in [0.15, 0.2) is 18.5 Å². The summed E-state index contributed by atoms with van der Waals surface area (Å²) in [5.41, 5.74) is -0.0182. The smallest absolute Gasteiger partial charge is 0.216 e. The van der Waals surface area contributed by atoms with Crippen molar-refractivity contribution in [1.82, 2.24) is 15.3 Å². The third-order valence-corrected chi connectivity index (χ3v) is 5.29. The van der Waals surface area contributed by atoms with Crippen molar-refractivity contribution in [2.45, 2.75) is 31.7 Å². The summed E-state index contributed by atoms with van der Waals surface area (Å²) in [6, 6.07) is 2.66. The molecule has 2 heterocycles. The molecule has 1 aliphatic heterocycles. The largest absolute Gasteiger partial charge is 0.356 e. The van der Waals surface area contributed by atoms with Gasteiger partial charge in [-0.3, -0.25) is 4.79 Å². The number of hydrogen-bond donors (Lipinski definition) is 1. The van der Waals surface area contributed by atoms with Gasteiger partial charge in [0.1, 0.15) is 17.7 Å². The molecule has 5 nitrogen and oxygen atoms in total. The van der Waals surface area contributed by atoms with Crippen LogP contribution in [0.25, 0.3) is 10.9 Å². The topological polar surface area (TPSA) is 58.1 Å². The summed E-state index contributed by atoms with van der Waals surface area (Å²) in [4.78, 5) is 21.7. The standard InChI is InChI=1S/C17H18F2N4O/c1-10(24)20-8-11-4-7-23(17(11)5-6-17)16-12-2-3-13(18)14(19)15(12)21-9-22-16/h2-3,9,11H,4-8H2,1H3,(H,20,24).